The number of aromatic nitrogens is 1. The van der Waals surface area contributed by atoms with E-state index in [1.54, 1.807) is 12.3 Å². The molecule has 1 fully saturated rings. The molecule has 2 rings (SSSR count). The molecule has 0 aromatic carbocycles. The summed E-state index contributed by atoms with van der Waals surface area (Å²) in [5, 5.41) is 9.15. The van der Waals surface area contributed by atoms with Gasteiger partial charge in [-0.25, -0.2) is 9.78 Å². The van der Waals surface area contributed by atoms with Gasteiger partial charge in [0.2, 0.25) is 0 Å². The molecule has 5 heteroatoms. The average molecular weight is 285 g/mol. The highest BCUT2D eigenvalue weighted by Gasteiger charge is 2.25. The zero-order valence-electron chi connectivity index (χ0n) is 8.98. The Balaban J connectivity index is 2.43. The van der Waals surface area contributed by atoms with Crippen LogP contribution < -0.4 is 4.90 Å². The maximum absolute atomic E-state index is 11.1. The van der Waals surface area contributed by atoms with Gasteiger partial charge in [0, 0.05) is 23.3 Å². The van der Waals surface area contributed by atoms with Crippen LogP contribution in [0.15, 0.2) is 16.7 Å². The fraction of sp³-hybridized carbons (Fsp3) is 0.455. The predicted molar refractivity (Wildman–Crippen MR) is 64.9 cm³/mol. The van der Waals surface area contributed by atoms with Gasteiger partial charge in [0.25, 0.3) is 0 Å². The summed E-state index contributed by atoms with van der Waals surface area (Å²) in [6.45, 7) is 2.98. The van der Waals surface area contributed by atoms with Crippen molar-refractivity contribution in [2.75, 3.05) is 11.4 Å². The lowest BCUT2D eigenvalue weighted by atomic mass is 10.2. The minimum atomic E-state index is -0.928. The van der Waals surface area contributed by atoms with Crippen LogP contribution in [0.1, 0.15) is 30.1 Å². The maximum Gasteiger partial charge on any atom is 0.339 e. The van der Waals surface area contributed by atoms with E-state index in [2.05, 4.69) is 32.7 Å². The van der Waals surface area contributed by atoms with Crippen LogP contribution in [0.5, 0.6) is 0 Å². The van der Waals surface area contributed by atoms with E-state index in [4.69, 9.17) is 5.11 Å². The molecule has 0 spiro atoms. The highest BCUT2D eigenvalue weighted by molar-refractivity contribution is 9.10. The molecule has 1 aliphatic heterocycles. The molecule has 4 nitrogen and oxygen atoms in total. The standard InChI is InChI=1S/C11H13BrN2O2/c1-7-3-2-4-14(7)10-9(11(15)16)5-8(12)6-13-10/h5-7H,2-4H2,1H3,(H,15,16)/t7-/m0/s1. The zero-order valence-corrected chi connectivity index (χ0v) is 10.6. The molecule has 0 amide bonds. The summed E-state index contributed by atoms with van der Waals surface area (Å²) in [6.07, 6.45) is 3.83. The highest BCUT2D eigenvalue weighted by Crippen LogP contribution is 2.28. The fourth-order valence-corrected chi connectivity index (χ4v) is 2.40. The second kappa shape index (κ2) is 4.41. The summed E-state index contributed by atoms with van der Waals surface area (Å²) in [4.78, 5) is 17.4. The minimum absolute atomic E-state index is 0.267. The fourth-order valence-electron chi connectivity index (χ4n) is 2.07. The van der Waals surface area contributed by atoms with Crippen molar-refractivity contribution in [1.29, 1.82) is 0 Å². The molecule has 0 radical (unpaired) electrons. The summed E-state index contributed by atoms with van der Waals surface area (Å²) in [5.74, 6) is -0.344. The van der Waals surface area contributed by atoms with Crippen LogP contribution in [-0.4, -0.2) is 28.6 Å². The van der Waals surface area contributed by atoms with Crippen molar-refractivity contribution in [3.63, 3.8) is 0 Å². The molecular weight excluding hydrogens is 272 g/mol. The van der Waals surface area contributed by atoms with Crippen molar-refractivity contribution in [3.8, 4) is 0 Å². The topological polar surface area (TPSA) is 53.4 Å². The first-order valence-electron chi connectivity index (χ1n) is 5.25. The third-order valence-corrected chi connectivity index (χ3v) is 3.32. The number of pyridine rings is 1. The summed E-state index contributed by atoms with van der Waals surface area (Å²) in [6, 6.07) is 1.97. The van der Waals surface area contributed by atoms with Gasteiger partial charge < -0.3 is 10.0 Å². The van der Waals surface area contributed by atoms with Crippen molar-refractivity contribution in [2.24, 2.45) is 0 Å². The van der Waals surface area contributed by atoms with E-state index >= 15 is 0 Å². The smallest absolute Gasteiger partial charge is 0.339 e. The highest BCUT2D eigenvalue weighted by atomic mass is 79.9. The van der Waals surface area contributed by atoms with Gasteiger partial charge in [0.15, 0.2) is 0 Å². The van der Waals surface area contributed by atoms with Crippen molar-refractivity contribution < 1.29 is 9.90 Å². The number of anilines is 1. The molecule has 1 aromatic heterocycles. The SMILES string of the molecule is C[C@H]1CCCN1c1ncc(Br)cc1C(=O)O. The van der Waals surface area contributed by atoms with Crippen LogP contribution in [0.4, 0.5) is 5.82 Å². The second-order valence-electron chi connectivity index (χ2n) is 4.01. The van der Waals surface area contributed by atoms with Crippen LogP contribution in [0.2, 0.25) is 0 Å². The van der Waals surface area contributed by atoms with Gasteiger partial charge in [-0.15, -0.1) is 0 Å². The monoisotopic (exact) mass is 284 g/mol. The molecule has 1 atom stereocenters. The molecule has 1 aliphatic rings. The van der Waals surface area contributed by atoms with Gasteiger partial charge in [-0.05, 0) is 41.8 Å². The Labute approximate surface area is 102 Å². The number of carboxylic acid groups (broad SMARTS) is 1. The van der Waals surface area contributed by atoms with Gasteiger partial charge in [-0.1, -0.05) is 0 Å². The Hall–Kier alpha value is -1.10. The van der Waals surface area contributed by atoms with Gasteiger partial charge in [0.05, 0.1) is 0 Å². The molecule has 1 N–H and O–H groups in total. The van der Waals surface area contributed by atoms with Gasteiger partial charge in [0.1, 0.15) is 11.4 Å². The molecule has 1 saturated heterocycles. The van der Waals surface area contributed by atoms with Crippen LogP contribution in [0.25, 0.3) is 0 Å². The Morgan fingerprint density at radius 2 is 2.44 bits per heavy atom. The number of halogens is 1. The Morgan fingerprint density at radius 1 is 1.69 bits per heavy atom. The van der Waals surface area contributed by atoms with Crippen molar-refractivity contribution in [3.05, 3.63) is 22.3 Å². The van der Waals surface area contributed by atoms with E-state index < -0.39 is 5.97 Å². The Bertz CT molecular complexity index is 422. The molecule has 0 saturated carbocycles. The van der Waals surface area contributed by atoms with Crippen LogP contribution >= 0.6 is 15.9 Å². The number of hydrogen-bond donors (Lipinski definition) is 1. The molecule has 16 heavy (non-hydrogen) atoms. The van der Waals surface area contributed by atoms with Gasteiger partial charge in [-0.3, -0.25) is 0 Å². The molecule has 0 bridgehead atoms. The van der Waals surface area contributed by atoms with E-state index in [1.165, 1.54) is 0 Å². The van der Waals surface area contributed by atoms with E-state index in [-0.39, 0.29) is 5.56 Å². The largest absolute Gasteiger partial charge is 0.478 e. The van der Waals surface area contributed by atoms with E-state index in [9.17, 15) is 4.79 Å². The van der Waals surface area contributed by atoms with E-state index in [0.29, 0.717) is 16.3 Å². The van der Waals surface area contributed by atoms with Crippen LogP contribution in [0.3, 0.4) is 0 Å². The van der Waals surface area contributed by atoms with Crippen molar-refractivity contribution in [1.82, 2.24) is 4.98 Å². The number of carbonyl (C=O) groups is 1. The first-order chi connectivity index (χ1) is 7.59. The molecule has 1 aromatic rings. The number of aromatic carboxylic acids is 1. The number of carboxylic acids is 1. The van der Waals surface area contributed by atoms with Crippen molar-refractivity contribution in [2.45, 2.75) is 25.8 Å². The molecule has 0 aliphatic carbocycles. The molecule has 86 valence electrons. The lowest BCUT2D eigenvalue weighted by molar-refractivity contribution is 0.0697. The average Bonchev–Trinajstić information content (AvgIpc) is 2.64. The lowest BCUT2D eigenvalue weighted by Crippen LogP contribution is -2.29. The normalized spacial score (nSPS) is 20.1. The number of nitrogens with zero attached hydrogens (tertiary/aromatic N) is 2. The number of hydrogen-bond acceptors (Lipinski definition) is 3. The molecular formula is C11H13BrN2O2. The quantitative estimate of drug-likeness (QED) is 0.907. The number of rotatable bonds is 2. The third kappa shape index (κ3) is 2.04. The van der Waals surface area contributed by atoms with Crippen molar-refractivity contribution >= 4 is 27.7 Å². The zero-order chi connectivity index (χ0) is 11.7. The summed E-state index contributed by atoms with van der Waals surface area (Å²) in [5.41, 5.74) is 0.267. The minimum Gasteiger partial charge on any atom is -0.478 e. The third-order valence-electron chi connectivity index (χ3n) is 2.89. The second-order valence-corrected chi connectivity index (χ2v) is 4.93. The lowest BCUT2D eigenvalue weighted by Gasteiger charge is -2.23. The Kier molecular flexibility index (Phi) is 3.14. The molecule has 0 unspecified atom stereocenters. The van der Waals surface area contributed by atoms with Crippen LogP contribution in [0, 0.1) is 0 Å². The first kappa shape index (κ1) is 11.4. The van der Waals surface area contributed by atoms with Gasteiger partial charge >= 0.3 is 5.97 Å². The van der Waals surface area contributed by atoms with Crippen LogP contribution in [-0.2, 0) is 0 Å². The van der Waals surface area contributed by atoms with E-state index in [0.717, 1.165) is 19.4 Å². The Morgan fingerprint density at radius 3 is 3.00 bits per heavy atom. The maximum atomic E-state index is 11.1. The van der Waals surface area contributed by atoms with Gasteiger partial charge in [-0.2, -0.15) is 0 Å². The summed E-state index contributed by atoms with van der Waals surface area (Å²) in [7, 11) is 0. The summed E-state index contributed by atoms with van der Waals surface area (Å²) < 4.78 is 0.695. The summed E-state index contributed by atoms with van der Waals surface area (Å²) >= 11 is 3.24. The van der Waals surface area contributed by atoms with E-state index in [1.807, 2.05) is 0 Å². The molecule has 2 heterocycles. The predicted octanol–water partition coefficient (Wildman–Crippen LogP) is 2.53. The first-order valence-corrected chi connectivity index (χ1v) is 6.04.